The molecule has 0 heterocycles. The molecule has 1 amide bonds. The van der Waals surface area contributed by atoms with Gasteiger partial charge in [0.05, 0.1) is 33.8 Å². The summed E-state index contributed by atoms with van der Waals surface area (Å²) in [5.41, 5.74) is 0. The third-order valence-corrected chi connectivity index (χ3v) is 13.1. The van der Waals surface area contributed by atoms with E-state index < -0.39 is 26.6 Å². The number of nitrogens with one attached hydrogen (secondary N) is 1. The molecule has 400 valence electrons. The molecule has 0 aromatic rings. The molecule has 0 aliphatic carbocycles. The standard InChI is InChI=1S/C59H107N2O7P/c1-7-10-13-16-19-22-25-27-28-29-30-31-32-34-36-39-42-45-48-51-58(62)60-56(55-67-69(64,65)66-54-53-61(4,5)6)57(50-47-44-41-38-35-24-21-18-15-12-9-3)68-59(63)52-49-46-43-40-37-33-26-23-20-17-14-11-8-2/h11,14,17,19-20,22-23,26-28,47,50,56-57H,7-10,12-13,15-16,18,21,24-25,29-46,48-49,51-55H2,1-6H3,(H-,60,62,64,65)/b14-11+,20-17+,22-19-,26-23-,28-27-,50-47-. The Morgan fingerprint density at radius 2 is 0.986 bits per heavy atom. The van der Waals surface area contributed by atoms with Gasteiger partial charge in [-0.05, 0) is 83.1 Å². The van der Waals surface area contributed by atoms with Gasteiger partial charge in [0.25, 0.3) is 7.82 Å². The third kappa shape index (κ3) is 50.2. The first-order chi connectivity index (χ1) is 33.4. The second-order valence-corrected chi connectivity index (χ2v) is 21.5. The number of ether oxygens (including phenoxy) is 1. The first-order valence-corrected chi connectivity index (χ1v) is 29.7. The molecule has 0 radical (unpaired) electrons. The molecular formula is C59H107N2O7P. The van der Waals surface area contributed by atoms with Gasteiger partial charge in [-0.25, -0.2) is 0 Å². The van der Waals surface area contributed by atoms with Crippen molar-refractivity contribution in [2.45, 2.75) is 251 Å². The van der Waals surface area contributed by atoms with Crippen LogP contribution in [0.15, 0.2) is 72.9 Å². The van der Waals surface area contributed by atoms with Crippen LogP contribution in [0.5, 0.6) is 0 Å². The summed E-state index contributed by atoms with van der Waals surface area (Å²) in [4.78, 5) is 39.8. The fourth-order valence-corrected chi connectivity index (χ4v) is 8.51. The van der Waals surface area contributed by atoms with Gasteiger partial charge in [0.1, 0.15) is 19.3 Å². The summed E-state index contributed by atoms with van der Waals surface area (Å²) in [6, 6.07) is -0.900. The van der Waals surface area contributed by atoms with Gasteiger partial charge in [-0.1, -0.05) is 216 Å². The minimum absolute atomic E-state index is 0.0292. The van der Waals surface area contributed by atoms with Crippen LogP contribution < -0.4 is 10.2 Å². The summed E-state index contributed by atoms with van der Waals surface area (Å²) in [7, 11) is 1.16. The second-order valence-electron chi connectivity index (χ2n) is 20.1. The predicted molar refractivity (Wildman–Crippen MR) is 293 cm³/mol. The highest BCUT2D eigenvalue weighted by Gasteiger charge is 2.27. The van der Waals surface area contributed by atoms with Gasteiger partial charge in [0.2, 0.25) is 5.91 Å². The number of hydrogen-bond donors (Lipinski definition) is 1. The number of quaternary nitrogens is 1. The molecule has 0 rings (SSSR count). The Labute approximate surface area is 425 Å². The molecule has 3 unspecified atom stereocenters. The monoisotopic (exact) mass is 987 g/mol. The predicted octanol–water partition coefficient (Wildman–Crippen LogP) is 16.3. The average Bonchev–Trinajstić information content (AvgIpc) is 3.31. The lowest BCUT2D eigenvalue weighted by Gasteiger charge is -2.30. The molecule has 0 aliphatic heterocycles. The van der Waals surface area contributed by atoms with Crippen molar-refractivity contribution >= 4 is 19.7 Å². The van der Waals surface area contributed by atoms with Crippen LogP contribution in [0.25, 0.3) is 0 Å². The largest absolute Gasteiger partial charge is 0.756 e. The first kappa shape index (κ1) is 66.5. The van der Waals surface area contributed by atoms with E-state index in [1.807, 2.05) is 39.4 Å². The molecule has 1 N–H and O–H groups in total. The van der Waals surface area contributed by atoms with Crippen molar-refractivity contribution in [3.8, 4) is 0 Å². The number of phosphoric acid groups is 1. The van der Waals surface area contributed by atoms with Crippen LogP contribution in [0.4, 0.5) is 0 Å². The van der Waals surface area contributed by atoms with Gasteiger partial charge in [-0.15, -0.1) is 0 Å². The van der Waals surface area contributed by atoms with Crippen LogP contribution in [-0.4, -0.2) is 69.4 Å². The number of carbonyl (C=O) groups is 2. The third-order valence-electron chi connectivity index (χ3n) is 12.2. The van der Waals surface area contributed by atoms with Crippen molar-refractivity contribution in [2.75, 3.05) is 40.9 Å². The Hall–Kier alpha value is -2.55. The fraction of sp³-hybridized carbons (Fsp3) is 0.763. The van der Waals surface area contributed by atoms with E-state index >= 15 is 0 Å². The fourth-order valence-electron chi connectivity index (χ4n) is 7.79. The molecule has 0 saturated carbocycles. The zero-order valence-electron chi connectivity index (χ0n) is 45.5. The van der Waals surface area contributed by atoms with E-state index in [-0.39, 0.29) is 24.9 Å². The van der Waals surface area contributed by atoms with Crippen molar-refractivity contribution in [1.82, 2.24) is 5.32 Å². The molecule has 0 saturated heterocycles. The number of hydrogen-bond acceptors (Lipinski definition) is 7. The van der Waals surface area contributed by atoms with Gasteiger partial charge >= 0.3 is 5.97 Å². The number of allylic oxidation sites excluding steroid dienone is 11. The number of carbonyl (C=O) groups excluding carboxylic acids is 2. The highest BCUT2D eigenvalue weighted by atomic mass is 31.2. The molecule has 69 heavy (non-hydrogen) atoms. The maximum absolute atomic E-state index is 13.5. The maximum Gasteiger partial charge on any atom is 0.306 e. The zero-order valence-corrected chi connectivity index (χ0v) is 46.4. The summed E-state index contributed by atoms with van der Waals surface area (Å²) in [6.45, 7) is 6.65. The van der Waals surface area contributed by atoms with E-state index in [1.165, 1.54) is 103 Å². The summed E-state index contributed by atoms with van der Waals surface area (Å²) < 4.78 is 30.2. The highest BCUT2D eigenvalue weighted by Crippen LogP contribution is 2.38. The molecule has 0 spiro atoms. The van der Waals surface area contributed by atoms with Crippen LogP contribution in [-0.2, 0) is 27.9 Å². The lowest BCUT2D eigenvalue weighted by molar-refractivity contribution is -0.870. The normalized spacial score (nSPS) is 14.4. The van der Waals surface area contributed by atoms with Gasteiger partial charge in [-0.2, -0.15) is 0 Å². The number of phosphoric ester groups is 1. The van der Waals surface area contributed by atoms with Gasteiger partial charge in [0.15, 0.2) is 0 Å². The van der Waals surface area contributed by atoms with Gasteiger partial charge in [0, 0.05) is 12.8 Å². The molecule has 0 aliphatic rings. The summed E-state index contributed by atoms with van der Waals surface area (Å²) >= 11 is 0. The van der Waals surface area contributed by atoms with Gasteiger partial charge in [-0.3, -0.25) is 14.2 Å². The first-order valence-electron chi connectivity index (χ1n) is 28.3. The lowest BCUT2D eigenvalue weighted by Crippen LogP contribution is -2.47. The van der Waals surface area contributed by atoms with E-state index in [2.05, 4.69) is 80.8 Å². The van der Waals surface area contributed by atoms with E-state index in [0.29, 0.717) is 23.9 Å². The molecule has 0 aromatic heterocycles. The minimum Gasteiger partial charge on any atom is -0.756 e. The molecule has 3 atom stereocenters. The quantitative estimate of drug-likeness (QED) is 0.0161. The number of unbranched alkanes of at least 4 members (excludes halogenated alkanes) is 26. The molecule has 0 bridgehead atoms. The summed E-state index contributed by atoms with van der Waals surface area (Å²) in [5, 5.41) is 3.01. The highest BCUT2D eigenvalue weighted by molar-refractivity contribution is 7.45. The van der Waals surface area contributed by atoms with E-state index in [9.17, 15) is 19.0 Å². The maximum atomic E-state index is 13.5. The van der Waals surface area contributed by atoms with Crippen molar-refractivity contribution < 1.29 is 37.3 Å². The average molecular weight is 987 g/mol. The molecule has 9 nitrogen and oxygen atoms in total. The Morgan fingerprint density at radius 3 is 1.52 bits per heavy atom. The lowest BCUT2D eigenvalue weighted by atomic mass is 10.0. The Bertz CT molecular complexity index is 1420. The van der Waals surface area contributed by atoms with Crippen LogP contribution in [0.1, 0.15) is 239 Å². The molecule has 0 aromatic carbocycles. The van der Waals surface area contributed by atoms with Crippen molar-refractivity contribution in [3.05, 3.63) is 72.9 Å². The molecule has 0 fully saturated rings. The number of esters is 1. The number of nitrogens with zero attached hydrogens (tertiary/aromatic N) is 1. The van der Waals surface area contributed by atoms with E-state index in [0.717, 1.165) is 96.3 Å². The number of likely N-dealkylation sites (N-methyl/N-ethyl adjacent to an activating group) is 1. The molecule has 10 heteroatoms. The molecular weight excluding hydrogens is 880 g/mol. The van der Waals surface area contributed by atoms with Crippen LogP contribution in [0.2, 0.25) is 0 Å². The summed E-state index contributed by atoms with van der Waals surface area (Å²) in [6.07, 6.45) is 61.5. The van der Waals surface area contributed by atoms with Crippen molar-refractivity contribution in [3.63, 3.8) is 0 Å². The topological polar surface area (TPSA) is 114 Å². The minimum atomic E-state index is -4.70. The number of amides is 1. The Balaban J connectivity index is 5.31. The SMILES string of the molecule is CC/C=C/C=C/C=C\CCCCCCCC(=O)OC(/C=C\CCCCCCCCCCC)C(COP(=O)([O-])OCC[N+](C)(C)C)NC(=O)CCCCCCCCCCC/C=C\C/C=C\CCCCC. The van der Waals surface area contributed by atoms with E-state index in [1.54, 1.807) is 0 Å². The smallest absolute Gasteiger partial charge is 0.306 e. The second kappa shape index (κ2) is 49.0. The number of rotatable bonds is 50. The van der Waals surface area contributed by atoms with Crippen LogP contribution in [0, 0.1) is 0 Å². The van der Waals surface area contributed by atoms with E-state index in [4.69, 9.17) is 13.8 Å². The van der Waals surface area contributed by atoms with Crippen LogP contribution in [0.3, 0.4) is 0 Å². The van der Waals surface area contributed by atoms with Crippen molar-refractivity contribution in [1.29, 1.82) is 0 Å². The Kier molecular flexibility index (Phi) is 47.2. The zero-order chi connectivity index (χ0) is 50.8. The summed E-state index contributed by atoms with van der Waals surface area (Å²) in [5.74, 6) is -0.573. The van der Waals surface area contributed by atoms with Crippen LogP contribution >= 0.6 is 7.82 Å². The Morgan fingerprint density at radius 1 is 0.536 bits per heavy atom. The van der Waals surface area contributed by atoms with Gasteiger partial charge < -0.3 is 28.5 Å². The van der Waals surface area contributed by atoms with Crippen molar-refractivity contribution in [2.24, 2.45) is 0 Å².